The van der Waals surface area contributed by atoms with Gasteiger partial charge in [-0.25, -0.2) is 0 Å². The zero-order valence-corrected chi connectivity index (χ0v) is 13.5. The monoisotopic (exact) mass is 329 g/mol. The van der Waals surface area contributed by atoms with Crippen LogP contribution in [0.4, 0.5) is 5.69 Å². The van der Waals surface area contributed by atoms with Crippen molar-refractivity contribution in [2.24, 2.45) is 5.41 Å². The average molecular weight is 330 g/mol. The SMILES string of the molecule is COc1ccc(Br)cc1NC1CSCC(C)(C)C1. The molecule has 0 radical (unpaired) electrons. The standard InChI is InChI=1S/C14H20BrNOS/c1-14(2)7-11(8-18-9-14)16-12-6-10(15)4-5-13(12)17-3/h4-6,11,16H,7-9H2,1-3H3. The molecule has 1 aliphatic heterocycles. The number of thioether (sulfide) groups is 1. The second-order valence-corrected chi connectivity index (χ2v) is 7.52. The highest BCUT2D eigenvalue weighted by molar-refractivity contribution is 9.10. The summed E-state index contributed by atoms with van der Waals surface area (Å²) in [5.74, 6) is 3.33. The number of anilines is 1. The zero-order chi connectivity index (χ0) is 13.2. The number of hydrogen-bond donors (Lipinski definition) is 1. The highest BCUT2D eigenvalue weighted by Gasteiger charge is 2.28. The fourth-order valence-electron chi connectivity index (χ4n) is 2.37. The first-order chi connectivity index (χ1) is 8.50. The molecule has 2 nitrogen and oxygen atoms in total. The van der Waals surface area contributed by atoms with Gasteiger partial charge in [-0.3, -0.25) is 0 Å². The Hall–Kier alpha value is -0.350. The fraction of sp³-hybridized carbons (Fsp3) is 0.571. The normalized spacial score (nSPS) is 22.6. The van der Waals surface area contributed by atoms with E-state index in [1.54, 1.807) is 7.11 Å². The molecule has 1 fully saturated rings. The summed E-state index contributed by atoms with van der Waals surface area (Å²) in [5, 5.41) is 3.62. The lowest BCUT2D eigenvalue weighted by atomic mass is 9.88. The highest BCUT2D eigenvalue weighted by atomic mass is 79.9. The van der Waals surface area contributed by atoms with Crippen molar-refractivity contribution in [1.29, 1.82) is 0 Å². The molecule has 0 spiro atoms. The van der Waals surface area contributed by atoms with Crippen molar-refractivity contribution >= 4 is 33.4 Å². The Bertz CT molecular complexity index is 422. The van der Waals surface area contributed by atoms with Gasteiger partial charge in [0.2, 0.25) is 0 Å². The van der Waals surface area contributed by atoms with Crippen LogP contribution in [0, 0.1) is 5.41 Å². The molecule has 1 saturated heterocycles. The molecule has 18 heavy (non-hydrogen) atoms. The summed E-state index contributed by atoms with van der Waals surface area (Å²) in [6.45, 7) is 4.68. The van der Waals surface area contributed by atoms with Gasteiger partial charge in [-0.05, 0) is 35.8 Å². The molecule has 0 aromatic heterocycles. The predicted octanol–water partition coefficient (Wildman–Crippen LogP) is 4.40. The Morgan fingerprint density at radius 1 is 1.44 bits per heavy atom. The molecular formula is C14H20BrNOS. The third-order valence-corrected chi connectivity index (χ3v) is 5.25. The Morgan fingerprint density at radius 2 is 2.22 bits per heavy atom. The number of halogens is 1. The molecule has 1 N–H and O–H groups in total. The van der Waals surface area contributed by atoms with Crippen LogP contribution in [0.15, 0.2) is 22.7 Å². The molecule has 4 heteroatoms. The van der Waals surface area contributed by atoms with Crippen LogP contribution in [-0.2, 0) is 0 Å². The molecule has 2 rings (SSSR count). The Labute approximate surface area is 122 Å². The van der Waals surface area contributed by atoms with E-state index in [9.17, 15) is 0 Å². The van der Waals surface area contributed by atoms with Crippen molar-refractivity contribution in [2.75, 3.05) is 23.9 Å². The molecule has 1 aromatic carbocycles. The first-order valence-electron chi connectivity index (χ1n) is 6.18. The predicted molar refractivity (Wildman–Crippen MR) is 83.8 cm³/mol. The summed E-state index contributed by atoms with van der Waals surface area (Å²) >= 11 is 5.54. The molecular weight excluding hydrogens is 310 g/mol. The summed E-state index contributed by atoms with van der Waals surface area (Å²) in [4.78, 5) is 0. The lowest BCUT2D eigenvalue weighted by molar-refractivity contribution is 0.357. The Balaban J connectivity index is 2.11. The smallest absolute Gasteiger partial charge is 0.142 e. The topological polar surface area (TPSA) is 21.3 Å². The van der Waals surface area contributed by atoms with E-state index in [4.69, 9.17) is 4.74 Å². The maximum atomic E-state index is 5.40. The van der Waals surface area contributed by atoms with Crippen molar-refractivity contribution in [2.45, 2.75) is 26.3 Å². The van der Waals surface area contributed by atoms with E-state index in [1.807, 2.05) is 23.9 Å². The minimum atomic E-state index is 0.416. The number of nitrogens with one attached hydrogen (secondary N) is 1. The molecule has 0 saturated carbocycles. The minimum Gasteiger partial charge on any atom is -0.495 e. The van der Waals surface area contributed by atoms with Gasteiger partial charge in [-0.1, -0.05) is 29.8 Å². The van der Waals surface area contributed by atoms with E-state index in [0.717, 1.165) is 15.9 Å². The van der Waals surface area contributed by atoms with E-state index < -0.39 is 0 Å². The largest absolute Gasteiger partial charge is 0.495 e. The molecule has 1 unspecified atom stereocenters. The molecule has 0 aliphatic carbocycles. The van der Waals surface area contributed by atoms with Gasteiger partial charge in [0.25, 0.3) is 0 Å². The quantitative estimate of drug-likeness (QED) is 0.887. The van der Waals surface area contributed by atoms with Gasteiger partial charge in [-0.2, -0.15) is 11.8 Å². The van der Waals surface area contributed by atoms with Crippen LogP contribution in [0.2, 0.25) is 0 Å². The Kier molecular flexibility index (Phi) is 4.49. The van der Waals surface area contributed by atoms with Crippen LogP contribution < -0.4 is 10.1 Å². The molecule has 0 amide bonds. The summed E-state index contributed by atoms with van der Waals surface area (Å²) < 4.78 is 6.48. The zero-order valence-electron chi connectivity index (χ0n) is 11.1. The fourth-order valence-corrected chi connectivity index (χ4v) is 4.00. The lowest BCUT2D eigenvalue weighted by Crippen LogP contribution is -2.35. The summed E-state index contributed by atoms with van der Waals surface area (Å²) in [5.41, 5.74) is 1.50. The van der Waals surface area contributed by atoms with Gasteiger partial charge in [-0.15, -0.1) is 0 Å². The molecule has 1 aromatic rings. The highest BCUT2D eigenvalue weighted by Crippen LogP contribution is 2.36. The number of ether oxygens (including phenoxy) is 1. The molecule has 100 valence electrons. The van der Waals surface area contributed by atoms with Gasteiger partial charge in [0.05, 0.1) is 12.8 Å². The number of methoxy groups -OCH3 is 1. The molecule has 0 bridgehead atoms. The van der Waals surface area contributed by atoms with Gasteiger partial charge in [0, 0.05) is 16.3 Å². The van der Waals surface area contributed by atoms with Crippen LogP contribution in [-0.4, -0.2) is 24.7 Å². The van der Waals surface area contributed by atoms with E-state index in [1.165, 1.54) is 17.9 Å². The lowest BCUT2D eigenvalue weighted by Gasteiger charge is -2.35. The number of benzene rings is 1. The number of rotatable bonds is 3. The van der Waals surface area contributed by atoms with Gasteiger partial charge < -0.3 is 10.1 Å². The number of hydrogen-bond acceptors (Lipinski definition) is 3. The maximum absolute atomic E-state index is 5.40. The maximum Gasteiger partial charge on any atom is 0.142 e. The molecule has 1 atom stereocenters. The van der Waals surface area contributed by atoms with E-state index >= 15 is 0 Å². The van der Waals surface area contributed by atoms with Crippen LogP contribution >= 0.6 is 27.7 Å². The van der Waals surface area contributed by atoms with Crippen molar-refractivity contribution in [1.82, 2.24) is 0 Å². The van der Waals surface area contributed by atoms with Crippen LogP contribution in [0.5, 0.6) is 5.75 Å². The van der Waals surface area contributed by atoms with Crippen molar-refractivity contribution < 1.29 is 4.74 Å². The Morgan fingerprint density at radius 3 is 2.89 bits per heavy atom. The van der Waals surface area contributed by atoms with Crippen molar-refractivity contribution in [3.63, 3.8) is 0 Å². The van der Waals surface area contributed by atoms with Gasteiger partial charge in [0.1, 0.15) is 5.75 Å². The van der Waals surface area contributed by atoms with Crippen molar-refractivity contribution in [3.05, 3.63) is 22.7 Å². The summed E-state index contributed by atoms with van der Waals surface area (Å²) in [6.07, 6.45) is 1.20. The average Bonchev–Trinajstić information content (AvgIpc) is 2.28. The van der Waals surface area contributed by atoms with E-state index in [-0.39, 0.29) is 0 Å². The van der Waals surface area contributed by atoms with Crippen LogP contribution in [0.3, 0.4) is 0 Å². The summed E-state index contributed by atoms with van der Waals surface area (Å²) in [6, 6.07) is 6.60. The third-order valence-electron chi connectivity index (χ3n) is 3.13. The van der Waals surface area contributed by atoms with E-state index in [0.29, 0.717) is 11.5 Å². The second-order valence-electron chi connectivity index (χ2n) is 5.57. The third kappa shape index (κ3) is 3.58. The first kappa shape index (κ1) is 14.1. The van der Waals surface area contributed by atoms with Crippen molar-refractivity contribution in [3.8, 4) is 5.75 Å². The molecule has 1 heterocycles. The second kappa shape index (κ2) is 5.74. The molecule has 1 aliphatic rings. The van der Waals surface area contributed by atoms with Gasteiger partial charge in [0.15, 0.2) is 0 Å². The minimum absolute atomic E-state index is 0.416. The van der Waals surface area contributed by atoms with Crippen LogP contribution in [0.25, 0.3) is 0 Å². The van der Waals surface area contributed by atoms with Gasteiger partial charge >= 0.3 is 0 Å². The summed E-state index contributed by atoms with van der Waals surface area (Å²) in [7, 11) is 1.72. The van der Waals surface area contributed by atoms with E-state index in [2.05, 4.69) is 41.2 Å². The first-order valence-corrected chi connectivity index (χ1v) is 8.13. The van der Waals surface area contributed by atoms with Crippen LogP contribution in [0.1, 0.15) is 20.3 Å².